The summed E-state index contributed by atoms with van der Waals surface area (Å²) in [6, 6.07) is 12.5. The van der Waals surface area contributed by atoms with E-state index in [9.17, 15) is 19.7 Å². The van der Waals surface area contributed by atoms with Crippen LogP contribution in [0.25, 0.3) is 5.76 Å². The number of allylic oxidation sites excluding steroid dienone is 1. The Balaban J connectivity index is 1.82. The number of carbonyl (C=O) groups excluding carboxylic acids is 1. The van der Waals surface area contributed by atoms with Crippen LogP contribution in [0.5, 0.6) is 5.75 Å². The predicted molar refractivity (Wildman–Crippen MR) is 108 cm³/mol. The molecule has 1 atom stereocenters. The summed E-state index contributed by atoms with van der Waals surface area (Å²) in [6.45, 7) is 1.62. The molecule has 0 amide bonds. The second-order valence-electron chi connectivity index (χ2n) is 7.04. The summed E-state index contributed by atoms with van der Waals surface area (Å²) in [5.41, 5.74) is 1.02. The number of hydrogen-bond acceptors (Lipinski definition) is 6. The van der Waals surface area contributed by atoms with E-state index in [2.05, 4.69) is 0 Å². The lowest BCUT2D eigenvalue weighted by molar-refractivity contribution is -0.384. The summed E-state index contributed by atoms with van der Waals surface area (Å²) >= 11 is 6.39. The molecule has 8 heteroatoms. The second-order valence-corrected chi connectivity index (χ2v) is 7.45. The first-order valence-corrected chi connectivity index (χ1v) is 9.39. The standard InChI is InChI=1S/C22H12ClNO6/c1-10-8-16-18(22(26)29-10)17(14-7-6-11(24(27)28)9-15(14)23)19-20(25)12-4-2-3-5-13(12)21(19)30-16/h2-9,17H,1H3. The molecule has 30 heavy (non-hydrogen) atoms. The van der Waals surface area contributed by atoms with E-state index in [1.165, 1.54) is 18.2 Å². The molecule has 1 aromatic heterocycles. The van der Waals surface area contributed by atoms with E-state index in [-0.39, 0.29) is 33.4 Å². The minimum Gasteiger partial charge on any atom is -0.456 e. The van der Waals surface area contributed by atoms with E-state index < -0.39 is 16.5 Å². The number of fused-ring (bicyclic) bond motifs is 3. The fourth-order valence-electron chi connectivity index (χ4n) is 4.01. The summed E-state index contributed by atoms with van der Waals surface area (Å²) in [6.07, 6.45) is 0. The average molecular weight is 422 g/mol. The van der Waals surface area contributed by atoms with Crippen LogP contribution in [0, 0.1) is 17.0 Å². The number of ether oxygens (including phenoxy) is 1. The molecule has 1 unspecified atom stereocenters. The van der Waals surface area contributed by atoms with Crippen LogP contribution in [0.15, 0.2) is 63.3 Å². The van der Waals surface area contributed by atoms with Crippen molar-refractivity contribution in [1.29, 1.82) is 0 Å². The lowest BCUT2D eigenvalue weighted by Gasteiger charge is -2.27. The minimum atomic E-state index is -0.881. The van der Waals surface area contributed by atoms with E-state index in [0.29, 0.717) is 28.2 Å². The zero-order valence-electron chi connectivity index (χ0n) is 15.5. The molecule has 3 aromatic rings. The van der Waals surface area contributed by atoms with Crippen molar-refractivity contribution < 1.29 is 18.9 Å². The number of nitro groups is 1. The maximum absolute atomic E-state index is 13.3. The molecular weight excluding hydrogens is 410 g/mol. The van der Waals surface area contributed by atoms with E-state index in [0.717, 1.165) is 0 Å². The van der Waals surface area contributed by atoms with Crippen molar-refractivity contribution in [3.05, 3.63) is 108 Å². The van der Waals surface area contributed by atoms with Crippen molar-refractivity contribution in [3.8, 4) is 5.75 Å². The maximum Gasteiger partial charge on any atom is 0.343 e. The van der Waals surface area contributed by atoms with E-state index in [4.69, 9.17) is 20.8 Å². The zero-order chi connectivity index (χ0) is 21.2. The summed E-state index contributed by atoms with van der Waals surface area (Å²) in [4.78, 5) is 36.6. The minimum absolute atomic E-state index is 0.0673. The SMILES string of the molecule is Cc1cc2c(c(=O)o1)C(c1ccc([N+](=O)[O-])cc1Cl)C1=C(O2)c2ccccc2C1=O. The summed E-state index contributed by atoms with van der Waals surface area (Å²) in [5, 5.41) is 11.2. The number of nitrogens with zero attached hydrogens (tertiary/aromatic N) is 1. The monoisotopic (exact) mass is 421 g/mol. The first-order valence-electron chi connectivity index (χ1n) is 9.01. The number of ketones is 1. The van der Waals surface area contributed by atoms with Crippen LogP contribution in [-0.2, 0) is 0 Å². The third-order valence-electron chi connectivity index (χ3n) is 5.27. The van der Waals surface area contributed by atoms with Gasteiger partial charge in [-0.15, -0.1) is 0 Å². The Hall–Kier alpha value is -3.71. The van der Waals surface area contributed by atoms with Crippen molar-refractivity contribution in [3.63, 3.8) is 0 Å². The number of rotatable bonds is 2. The Morgan fingerprint density at radius 1 is 1.07 bits per heavy atom. The van der Waals surface area contributed by atoms with Gasteiger partial charge in [0.15, 0.2) is 5.78 Å². The van der Waals surface area contributed by atoms with E-state index >= 15 is 0 Å². The van der Waals surface area contributed by atoms with Crippen molar-refractivity contribution >= 4 is 28.8 Å². The number of halogens is 1. The van der Waals surface area contributed by atoms with Gasteiger partial charge in [-0.25, -0.2) is 4.79 Å². The summed E-state index contributed by atoms with van der Waals surface area (Å²) < 4.78 is 11.3. The molecule has 1 aliphatic carbocycles. The van der Waals surface area contributed by atoms with E-state index in [1.807, 2.05) is 0 Å². The fraction of sp³-hybridized carbons (Fsp3) is 0.0909. The summed E-state index contributed by atoms with van der Waals surface area (Å²) in [7, 11) is 0. The van der Waals surface area contributed by atoms with Crippen LogP contribution in [0.3, 0.4) is 0 Å². The van der Waals surface area contributed by atoms with Crippen molar-refractivity contribution in [2.75, 3.05) is 0 Å². The van der Waals surface area contributed by atoms with Crippen molar-refractivity contribution in [2.24, 2.45) is 0 Å². The number of benzene rings is 2. The van der Waals surface area contributed by atoms with Gasteiger partial charge < -0.3 is 9.15 Å². The number of non-ortho nitro benzene ring substituents is 1. The molecular formula is C22H12ClNO6. The van der Waals surface area contributed by atoms with Gasteiger partial charge in [0, 0.05) is 29.3 Å². The highest BCUT2D eigenvalue weighted by Crippen LogP contribution is 2.50. The Morgan fingerprint density at radius 2 is 1.80 bits per heavy atom. The molecule has 5 rings (SSSR count). The molecule has 2 heterocycles. The van der Waals surface area contributed by atoms with Gasteiger partial charge in [0.2, 0.25) is 0 Å². The molecule has 2 aromatic carbocycles. The van der Waals surface area contributed by atoms with Gasteiger partial charge in [-0.1, -0.05) is 35.9 Å². The van der Waals surface area contributed by atoms with Gasteiger partial charge >= 0.3 is 5.63 Å². The molecule has 0 fully saturated rings. The molecule has 2 aliphatic rings. The number of Topliss-reactive ketones (excluding diaryl/α,β-unsaturated/α-hetero) is 1. The molecule has 0 spiro atoms. The molecule has 0 saturated carbocycles. The smallest absolute Gasteiger partial charge is 0.343 e. The fourth-order valence-corrected chi connectivity index (χ4v) is 4.30. The van der Waals surface area contributed by atoms with Gasteiger partial charge in [-0.3, -0.25) is 14.9 Å². The summed E-state index contributed by atoms with van der Waals surface area (Å²) in [5.74, 6) is -0.188. The van der Waals surface area contributed by atoms with Gasteiger partial charge in [0.05, 0.1) is 27.0 Å². The van der Waals surface area contributed by atoms with Crippen molar-refractivity contribution in [2.45, 2.75) is 12.8 Å². The third-order valence-corrected chi connectivity index (χ3v) is 5.60. The zero-order valence-corrected chi connectivity index (χ0v) is 16.2. The Labute approximate surface area is 174 Å². The van der Waals surface area contributed by atoms with Gasteiger partial charge in [-0.05, 0) is 18.6 Å². The lowest BCUT2D eigenvalue weighted by atomic mass is 9.82. The highest BCUT2D eigenvalue weighted by Gasteiger charge is 2.44. The normalized spacial score (nSPS) is 16.6. The molecule has 1 aliphatic heterocycles. The predicted octanol–water partition coefficient (Wildman–Crippen LogP) is 4.64. The third kappa shape index (κ3) is 2.52. The highest BCUT2D eigenvalue weighted by atomic mass is 35.5. The van der Waals surface area contributed by atoms with Crippen LogP contribution in [-0.4, -0.2) is 10.7 Å². The first-order chi connectivity index (χ1) is 14.4. The maximum atomic E-state index is 13.3. The van der Waals surface area contributed by atoms with Crippen LogP contribution >= 0.6 is 11.6 Å². The molecule has 0 radical (unpaired) electrons. The van der Waals surface area contributed by atoms with Crippen LogP contribution in [0.1, 0.15) is 38.7 Å². The van der Waals surface area contributed by atoms with E-state index in [1.54, 1.807) is 37.3 Å². The number of hydrogen-bond donors (Lipinski definition) is 0. The first kappa shape index (κ1) is 18.3. The largest absolute Gasteiger partial charge is 0.456 e. The topological polar surface area (TPSA) is 99.7 Å². The Morgan fingerprint density at radius 3 is 2.50 bits per heavy atom. The quantitative estimate of drug-likeness (QED) is 0.441. The highest BCUT2D eigenvalue weighted by molar-refractivity contribution is 6.32. The molecule has 7 nitrogen and oxygen atoms in total. The Bertz CT molecular complexity index is 1370. The Kier molecular flexibility index (Phi) is 3.91. The molecule has 0 bridgehead atoms. The number of aryl methyl sites for hydroxylation is 1. The second kappa shape index (κ2) is 6.40. The van der Waals surface area contributed by atoms with Crippen LogP contribution < -0.4 is 10.4 Å². The van der Waals surface area contributed by atoms with Crippen LogP contribution in [0.4, 0.5) is 5.69 Å². The molecule has 0 saturated heterocycles. The lowest BCUT2D eigenvalue weighted by Crippen LogP contribution is -2.24. The average Bonchev–Trinajstić information content (AvgIpc) is 2.99. The molecule has 148 valence electrons. The number of nitro benzene ring substituents is 1. The van der Waals surface area contributed by atoms with Gasteiger partial charge in [-0.2, -0.15) is 0 Å². The molecule has 0 N–H and O–H groups in total. The van der Waals surface area contributed by atoms with Crippen LogP contribution in [0.2, 0.25) is 5.02 Å². The van der Waals surface area contributed by atoms with Gasteiger partial charge in [0.25, 0.3) is 5.69 Å². The number of carbonyl (C=O) groups is 1. The van der Waals surface area contributed by atoms with Gasteiger partial charge in [0.1, 0.15) is 17.3 Å². The van der Waals surface area contributed by atoms with Crippen molar-refractivity contribution in [1.82, 2.24) is 0 Å².